The van der Waals surface area contributed by atoms with Gasteiger partial charge >= 0.3 is 0 Å². The maximum atomic E-state index is 12.0. The Bertz CT molecular complexity index is 490. The Morgan fingerprint density at radius 1 is 1.53 bits per heavy atom. The Labute approximate surface area is 110 Å². The fourth-order valence-corrected chi connectivity index (χ4v) is 3.56. The summed E-state index contributed by atoms with van der Waals surface area (Å²) < 4.78 is 31.9. The Kier molecular flexibility index (Phi) is 4.93. The van der Waals surface area contributed by atoms with Gasteiger partial charge < -0.3 is 10.5 Å². The number of benzene rings is 1. The summed E-state index contributed by atoms with van der Waals surface area (Å²) in [7, 11) is -2.08. The van der Waals surface area contributed by atoms with E-state index < -0.39 is 10.0 Å². The Morgan fingerprint density at radius 3 is 2.76 bits per heavy atom. The molecule has 0 fully saturated rings. The summed E-state index contributed by atoms with van der Waals surface area (Å²) in [6.07, 6.45) is 0. The molecular weight excluding hydrogens is 308 g/mol. The molecular formula is C10H15BrN2O3S. The van der Waals surface area contributed by atoms with Crippen LogP contribution in [-0.4, -0.2) is 28.2 Å². The molecule has 0 heterocycles. The molecule has 0 aliphatic carbocycles. The minimum atomic E-state index is -3.59. The second-order valence-electron chi connectivity index (χ2n) is 3.67. The molecule has 1 aromatic rings. The number of hydrogen-bond donors (Lipinski definition) is 2. The fraction of sp³-hybridized carbons (Fsp3) is 0.400. The van der Waals surface area contributed by atoms with Crippen LogP contribution in [0.4, 0.5) is 5.69 Å². The van der Waals surface area contributed by atoms with Gasteiger partial charge in [-0.05, 0) is 41.1 Å². The molecule has 1 aromatic carbocycles. The third-order valence-electron chi connectivity index (χ3n) is 2.02. The molecule has 17 heavy (non-hydrogen) atoms. The fourth-order valence-electron chi connectivity index (χ4n) is 1.34. The van der Waals surface area contributed by atoms with Gasteiger partial charge in [-0.2, -0.15) is 0 Å². The Balaban J connectivity index is 3.01. The van der Waals surface area contributed by atoms with Gasteiger partial charge in [0.25, 0.3) is 0 Å². The van der Waals surface area contributed by atoms with E-state index in [1.807, 2.05) is 0 Å². The van der Waals surface area contributed by atoms with Crippen LogP contribution < -0.4 is 10.5 Å². The first-order valence-corrected chi connectivity index (χ1v) is 7.20. The molecule has 1 rings (SSSR count). The van der Waals surface area contributed by atoms with E-state index in [1.54, 1.807) is 19.1 Å². The summed E-state index contributed by atoms with van der Waals surface area (Å²) in [5.41, 5.74) is 5.97. The van der Waals surface area contributed by atoms with E-state index in [-0.39, 0.29) is 10.9 Å². The summed E-state index contributed by atoms with van der Waals surface area (Å²) >= 11 is 3.19. The minimum absolute atomic E-state index is 0.125. The largest absolute Gasteiger partial charge is 0.399 e. The van der Waals surface area contributed by atoms with Crippen molar-refractivity contribution in [2.24, 2.45) is 0 Å². The van der Waals surface area contributed by atoms with Gasteiger partial charge in [0.1, 0.15) is 0 Å². The molecule has 0 bridgehead atoms. The molecule has 7 heteroatoms. The van der Waals surface area contributed by atoms with Gasteiger partial charge in [-0.1, -0.05) is 0 Å². The first-order valence-electron chi connectivity index (χ1n) is 4.93. The topological polar surface area (TPSA) is 81.4 Å². The van der Waals surface area contributed by atoms with Crippen LogP contribution in [0.15, 0.2) is 27.6 Å². The summed E-state index contributed by atoms with van der Waals surface area (Å²) in [5.74, 6) is 0. The molecule has 0 spiro atoms. The number of hydrogen-bond acceptors (Lipinski definition) is 4. The lowest BCUT2D eigenvalue weighted by Crippen LogP contribution is -2.35. The predicted octanol–water partition coefficient (Wildman–Crippen LogP) is 1.34. The zero-order valence-electron chi connectivity index (χ0n) is 9.60. The molecule has 0 radical (unpaired) electrons. The zero-order valence-corrected chi connectivity index (χ0v) is 12.0. The summed E-state index contributed by atoms with van der Waals surface area (Å²) in [5, 5.41) is 0. The second-order valence-corrected chi connectivity index (χ2v) is 6.20. The van der Waals surface area contributed by atoms with Gasteiger partial charge in [0.2, 0.25) is 10.0 Å². The molecule has 3 N–H and O–H groups in total. The molecule has 0 amide bonds. The third kappa shape index (κ3) is 3.95. The highest BCUT2D eigenvalue weighted by molar-refractivity contribution is 9.10. The van der Waals surface area contributed by atoms with Crippen LogP contribution in [0.5, 0.6) is 0 Å². The number of ether oxygens (including phenoxy) is 1. The summed E-state index contributed by atoms with van der Waals surface area (Å²) in [4.78, 5) is 0.125. The van der Waals surface area contributed by atoms with Crippen LogP contribution in [0.2, 0.25) is 0 Å². The number of halogens is 1. The lowest BCUT2D eigenvalue weighted by molar-refractivity contribution is 0.180. The summed E-state index contributed by atoms with van der Waals surface area (Å²) in [6, 6.07) is 4.33. The number of nitrogens with one attached hydrogen (secondary N) is 1. The molecule has 0 saturated heterocycles. The number of methoxy groups -OCH3 is 1. The average Bonchev–Trinajstić information content (AvgIpc) is 2.21. The van der Waals surface area contributed by atoms with Crippen molar-refractivity contribution in [2.75, 3.05) is 19.5 Å². The summed E-state index contributed by atoms with van der Waals surface area (Å²) in [6.45, 7) is 2.03. The maximum Gasteiger partial charge on any atom is 0.242 e. The van der Waals surface area contributed by atoms with Crippen LogP contribution in [0.25, 0.3) is 0 Å². The maximum absolute atomic E-state index is 12.0. The van der Waals surface area contributed by atoms with Crippen molar-refractivity contribution >= 4 is 31.6 Å². The molecule has 0 aliphatic heterocycles. The minimum Gasteiger partial charge on any atom is -0.399 e. The van der Waals surface area contributed by atoms with E-state index in [0.29, 0.717) is 16.8 Å². The smallest absolute Gasteiger partial charge is 0.242 e. The van der Waals surface area contributed by atoms with Crippen molar-refractivity contribution < 1.29 is 13.2 Å². The van der Waals surface area contributed by atoms with Gasteiger partial charge in [-0.15, -0.1) is 0 Å². The first kappa shape index (κ1) is 14.4. The number of rotatable bonds is 5. The quantitative estimate of drug-likeness (QED) is 0.802. The Hall–Kier alpha value is -0.630. The Morgan fingerprint density at radius 2 is 2.18 bits per heavy atom. The van der Waals surface area contributed by atoms with Gasteiger partial charge in [0.05, 0.1) is 11.5 Å². The van der Waals surface area contributed by atoms with Gasteiger partial charge in [0, 0.05) is 23.3 Å². The molecule has 5 nitrogen and oxygen atoms in total. The van der Waals surface area contributed by atoms with Crippen molar-refractivity contribution in [3.8, 4) is 0 Å². The zero-order chi connectivity index (χ0) is 13.1. The monoisotopic (exact) mass is 322 g/mol. The van der Waals surface area contributed by atoms with E-state index in [4.69, 9.17) is 10.5 Å². The van der Waals surface area contributed by atoms with E-state index in [0.717, 1.165) is 0 Å². The van der Waals surface area contributed by atoms with Crippen molar-refractivity contribution in [1.29, 1.82) is 0 Å². The second kappa shape index (κ2) is 5.81. The normalized spacial score (nSPS) is 13.6. The third-order valence-corrected chi connectivity index (χ3v) is 4.60. The molecule has 0 aliphatic rings. The van der Waals surface area contributed by atoms with Crippen LogP contribution in [0.3, 0.4) is 0 Å². The first-order chi connectivity index (χ1) is 7.86. The van der Waals surface area contributed by atoms with Gasteiger partial charge in [-0.25, -0.2) is 13.1 Å². The van der Waals surface area contributed by atoms with Crippen molar-refractivity contribution in [3.05, 3.63) is 22.7 Å². The average molecular weight is 323 g/mol. The van der Waals surface area contributed by atoms with Gasteiger partial charge in [0.15, 0.2) is 0 Å². The van der Waals surface area contributed by atoms with Crippen LogP contribution in [0, 0.1) is 0 Å². The van der Waals surface area contributed by atoms with E-state index >= 15 is 0 Å². The molecule has 0 aromatic heterocycles. The number of nitrogen functional groups attached to an aromatic ring is 1. The van der Waals surface area contributed by atoms with Crippen LogP contribution in [0.1, 0.15) is 6.92 Å². The number of sulfonamides is 1. The van der Waals surface area contributed by atoms with E-state index in [9.17, 15) is 8.42 Å². The SMILES string of the molecule is COCC(C)NS(=O)(=O)c1cc(N)ccc1Br. The van der Waals surface area contributed by atoms with E-state index in [2.05, 4.69) is 20.7 Å². The van der Waals surface area contributed by atoms with Crippen LogP contribution in [-0.2, 0) is 14.8 Å². The predicted molar refractivity (Wildman–Crippen MR) is 70.2 cm³/mol. The van der Waals surface area contributed by atoms with Crippen molar-refractivity contribution in [1.82, 2.24) is 4.72 Å². The lowest BCUT2D eigenvalue weighted by Gasteiger charge is -2.14. The molecule has 0 saturated carbocycles. The highest BCUT2D eigenvalue weighted by Crippen LogP contribution is 2.24. The lowest BCUT2D eigenvalue weighted by atomic mass is 10.3. The van der Waals surface area contributed by atoms with Crippen molar-refractivity contribution in [2.45, 2.75) is 17.9 Å². The molecule has 1 unspecified atom stereocenters. The highest BCUT2D eigenvalue weighted by atomic mass is 79.9. The standard InChI is InChI=1S/C10H15BrN2O3S/c1-7(6-16-2)13-17(14,15)10-5-8(12)3-4-9(10)11/h3-5,7,13H,6,12H2,1-2H3. The number of nitrogens with two attached hydrogens (primary N) is 1. The van der Waals surface area contributed by atoms with Gasteiger partial charge in [-0.3, -0.25) is 0 Å². The number of anilines is 1. The molecule has 96 valence electrons. The molecule has 1 atom stereocenters. The van der Waals surface area contributed by atoms with Crippen LogP contribution >= 0.6 is 15.9 Å². The van der Waals surface area contributed by atoms with Crippen molar-refractivity contribution in [3.63, 3.8) is 0 Å². The highest BCUT2D eigenvalue weighted by Gasteiger charge is 2.20. The van der Waals surface area contributed by atoms with E-state index in [1.165, 1.54) is 13.2 Å².